The van der Waals surface area contributed by atoms with E-state index in [4.69, 9.17) is 5.26 Å². The van der Waals surface area contributed by atoms with Gasteiger partial charge in [0.15, 0.2) is 0 Å². The predicted octanol–water partition coefficient (Wildman–Crippen LogP) is 3.41. The van der Waals surface area contributed by atoms with E-state index in [9.17, 15) is 22.8 Å². The van der Waals surface area contributed by atoms with Crippen LogP contribution in [0.3, 0.4) is 0 Å². The SMILES string of the molecule is CNC(=O)[C@@H]1CN(c2ccc(C#N)c(C(F)(F)F)c2)C[C@H]1C1CCN(C(=O)C2CCC2)CC1. The molecule has 1 N–H and O–H groups in total. The van der Waals surface area contributed by atoms with E-state index in [2.05, 4.69) is 5.32 Å². The second-order valence-electron chi connectivity index (χ2n) is 9.42. The predicted molar refractivity (Wildman–Crippen MR) is 116 cm³/mol. The number of hydrogen-bond donors (Lipinski definition) is 1. The standard InChI is InChI=1S/C24H29F3N4O2/c1-29-22(32)20-14-31(18-6-5-17(12-28)21(11-18)24(25,26)27)13-19(20)15-7-9-30(10-8-15)23(33)16-3-2-4-16/h5-6,11,15-16,19-20H,2-4,7-10,13-14H2,1H3,(H,29,32)/t19-,20+/m0/s1. The molecule has 3 aliphatic rings. The van der Waals surface area contributed by atoms with Crippen molar-refractivity contribution in [3.63, 3.8) is 0 Å². The van der Waals surface area contributed by atoms with Gasteiger partial charge in [-0.15, -0.1) is 0 Å². The summed E-state index contributed by atoms with van der Waals surface area (Å²) in [5.74, 6) is 0.187. The van der Waals surface area contributed by atoms with Gasteiger partial charge in [-0.25, -0.2) is 0 Å². The molecule has 0 unspecified atom stereocenters. The maximum atomic E-state index is 13.5. The van der Waals surface area contributed by atoms with Gasteiger partial charge in [-0.05, 0) is 55.7 Å². The number of nitrogens with zero attached hydrogens (tertiary/aromatic N) is 3. The van der Waals surface area contributed by atoms with Gasteiger partial charge in [-0.2, -0.15) is 18.4 Å². The van der Waals surface area contributed by atoms with Crippen molar-refractivity contribution >= 4 is 17.5 Å². The molecule has 2 atom stereocenters. The summed E-state index contributed by atoms with van der Waals surface area (Å²) >= 11 is 0. The van der Waals surface area contributed by atoms with Crippen molar-refractivity contribution in [3.05, 3.63) is 29.3 Å². The molecule has 1 saturated carbocycles. The van der Waals surface area contributed by atoms with E-state index in [0.29, 0.717) is 31.9 Å². The van der Waals surface area contributed by atoms with Gasteiger partial charge in [0.1, 0.15) is 0 Å². The van der Waals surface area contributed by atoms with Crippen LogP contribution in [0.4, 0.5) is 18.9 Å². The first-order valence-corrected chi connectivity index (χ1v) is 11.6. The van der Waals surface area contributed by atoms with Crippen LogP contribution in [0.2, 0.25) is 0 Å². The van der Waals surface area contributed by atoms with Crippen LogP contribution in [0.25, 0.3) is 0 Å². The Labute approximate surface area is 191 Å². The van der Waals surface area contributed by atoms with Crippen LogP contribution >= 0.6 is 0 Å². The molecule has 178 valence electrons. The van der Waals surface area contributed by atoms with Gasteiger partial charge in [-0.1, -0.05) is 6.42 Å². The lowest BCUT2D eigenvalue weighted by atomic mass is 9.77. The summed E-state index contributed by atoms with van der Waals surface area (Å²) < 4.78 is 40.4. The third-order valence-electron chi connectivity index (χ3n) is 7.65. The number of alkyl halides is 3. The summed E-state index contributed by atoms with van der Waals surface area (Å²) in [7, 11) is 1.57. The number of rotatable bonds is 4. The highest BCUT2D eigenvalue weighted by Gasteiger charge is 2.44. The number of amides is 2. The zero-order valence-electron chi connectivity index (χ0n) is 18.7. The maximum absolute atomic E-state index is 13.5. The molecule has 1 aliphatic carbocycles. The molecule has 2 aliphatic heterocycles. The smallest absolute Gasteiger partial charge is 0.370 e. The van der Waals surface area contributed by atoms with E-state index in [1.165, 1.54) is 12.1 Å². The first kappa shape index (κ1) is 23.4. The number of nitrogens with one attached hydrogen (secondary N) is 1. The summed E-state index contributed by atoms with van der Waals surface area (Å²) in [5, 5.41) is 11.8. The second kappa shape index (κ2) is 9.24. The molecule has 0 bridgehead atoms. The van der Waals surface area contributed by atoms with Gasteiger partial charge in [0, 0.05) is 44.8 Å². The molecule has 1 aromatic carbocycles. The Balaban J connectivity index is 1.50. The van der Waals surface area contributed by atoms with Crippen molar-refractivity contribution in [3.8, 4) is 6.07 Å². The molecule has 6 nitrogen and oxygen atoms in total. The topological polar surface area (TPSA) is 76.4 Å². The van der Waals surface area contributed by atoms with Crippen LogP contribution in [0, 0.1) is 35.0 Å². The largest absolute Gasteiger partial charge is 0.417 e. The van der Waals surface area contributed by atoms with Crippen molar-refractivity contribution in [1.29, 1.82) is 5.26 Å². The fourth-order valence-electron chi connectivity index (χ4n) is 5.50. The van der Waals surface area contributed by atoms with E-state index < -0.39 is 17.3 Å². The average molecular weight is 463 g/mol. The fraction of sp³-hybridized carbons (Fsp3) is 0.625. The van der Waals surface area contributed by atoms with Crippen molar-refractivity contribution in [1.82, 2.24) is 10.2 Å². The van der Waals surface area contributed by atoms with Crippen LogP contribution in [0.1, 0.15) is 43.2 Å². The second-order valence-corrected chi connectivity index (χ2v) is 9.42. The molecule has 2 amide bonds. The van der Waals surface area contributed by atoms with Crippen LogP contribution < -0.4 is 10.2 Å². The van der Waals surface area contributed by atoms with Crippen molar-refractivity contribution in [2.45, 2.75) is 38.3 Å². The molecule has 33 heavy (non-hydrogen) atoms. The Hall–Kier alpha value is -2.76. The Morgan fingerprint density at radius 1 is 1.12 bits per heavy atom. The Bertz CT molecular complexity index is 946. The third-order valence-corrected chi connectivity index (χ3v) is 7.65. The minimum absolute atomic E-state index is 0.00381. The molecule has 4 rings (SSSR count). The number of benzene rings is 1. The van der Waals surface area contributed by atoms with Gasteiger partial charge < -0.3 is 15.1 Å². The highest BCUT2D eigenvalue weighted by molar-refractivity contribution is 5.81. The highest BCUT2D eigenvalue weighted by Crippen LogP contribution is 2.40. The molecule has 2 heterocycles. The number of nitriles is 1. The number of hydrogen-bond acceptors (Lipinski definition) is 4. The summed E-state index contributed by atoms with van der Waals surface area (Å²) in [6.45, 7) is 2.15. The van der Waals surface area contributed by atoms with Gasteiger partial charge in [0.05, 0.1) is 23.1 Å². The minimum Gasteiger partial charge on any atom is -0.370 e. The van der Waals surface area contributed by atoms with E-state index in [-0.39, 0.29) is 35.5 Å². The van der Waals surface area contributed by atoms with E-state index in [0.717, 1.165) is 38.2 Å². The van der Waals surface area contributed by atoms with Crippen molar-refractivity contribution in [2.75, 3.05) is 38.1 Å². The van der Waals surface area contributed by atoms with Crippen LogP contribution in [-0.2, 0) is 15.8 Å². The molecule has 3 fully saturated rings. The van der Waals surface area contributed by atoms with E-state index in [1.807, 2.05) is 9.80 Å². The normalized spacial score (nSPS) is 24.3. The first-order valence-electron chi connectivity index (χ1n) is 11.6. The number of likely N-dealkylation sites (tertiary alicyclic amines) is 1. The number of piperidine rings is 1. The van der Waals surface area contributed by atoms with Gasteiger partial charge >= 0.3 is 6.18 Å². The minimum atomic E-state index is -4.62. The first-order chi connectivity index (χ1) is 15.7. The molecule has 1 aromatic rings. The Kier molecular flexibility index (Phi) is 6.55. The monoisotopic (exact) mass is 462 g/mol. The highest BCUT2D eigenvalue weighted by atomic mass is 19.4. The average Bonchev–Trinajstić information content (AvgIpc) is 3.22. The number of anilines is 1. The lowest BCUT2D eigenvalue weighted by Crippen LogP contribution is -2.46. The van der Waals surface area contributed by atoms with Crippen LogP contribution in [-0.4, -0.2) is 49.9 Å². The molecule has 9 heteroatoms. The quantitative estimate of drug-likeness (QED) is 0.744. The third kappa shape index (κ3) is 4.66. The number of carbonyl (C=O) groups excluding carboxylic acids is 2. The number of halogens is 3. The summed E-state index contributed by atoms with van der Waals surface area (Å²) in [5.41, 5.74) is -0.992. The summed E-state index contributed by atoms with van der Waals surface area (Å²) in [4.78, 5) is 29.0. The van der Waals surface area contributed by atoms with Crippen LogP contribution in [0.15, 0.2) is 18.2 Å². The zero-order chi connectivity index (χ0) is 23.8. The van der Waals surface area contributed by atoms with Crippen molar-refractivity contribution in [2.24, 2.45) is 23.7 Å². The van der Waals surface area contributed by atoms with Gasteiger partial charge in [0.2, 0.25) is 11.8 Å². The Morgan fingerprint density at radius 3 is 2.36 bits per heavy atom. The lowest BCUT2D eigenvalue weighted by Gasteiger charge is -2.39. The molecule has 0 aromatic heterocycles. The maximum Gasteiger partial charge on any atom is 0.417 e. The number of carbonyl (C=O) groups is 2. The van der Waals surface area contributed by atoms with Gasteiger partial charge in [0.25, 0.3) is 0 Å². The van der Waals surface area contributed by atoms with Gasteiger partial charge in [-0.3, -0.25) is 9.59 Å². The summed E-state index contributed by atoms with van der Waals surface area (Å²) in [6.07, 6.45) is 0.0284. The molecular formula is C24H29F3N4O2. The molecule has 0 spiro atoms. The lowest BCUT2D eigenvalue weighted by molar-refractivity contribution is -0.140. The zero-order valence-corrected chi connectivity index (χ0v) is 18.7. The molecular weight excluding hydrogens is 433 g/mol. The van der Waals surface area contributed by atoms with E-state index >= 15 is 0 Å². The van der Waals surface area contributed by atoms with Crippen LogP contribution in [0.5, 0.6) is 0 Å². The Morgan fingerprint density at radius 2 is 1.82 bits per heavy atom. The molecule has 0 radical (unpaired) electrons. The van der Waals surface area contributed by atoms with E-state index in [1.54, 1.807) is 13.1 Å². The molecule has 2 saturated heterocycles. The fourth-order valence-corrected chi connectivity index (χ4v) is 5.50. The van der Waals surface area contributed by atoms with Crippen molar-refractivity contribution < 1.29 is 22.8 Å². The summed E-state index contributed by atoms with van der Waals surface area (Å²) in [6, 6.07) is 5.35.